The molecule has 2 rings (SSSR count). The largest absolute Gasteiger partial charge is 0.323 e. The van der Waals surface area contributed by atoms with Crippen LogP contribution in [0, 0.1) is 0 Å². The van der Waals surface area contributed by atoms with Gasteiger partial charge in [0.15, 0.2) is 0 Å². The molecular formula is C10H13ClN2. The maximum atomic E-state index is 6.09. The predicted octanol–water partition coefficient (Wildman–Crippen LogP) is 1.79. The van der Waals surface area contributed by atoms with Gasteiger partial charge in [0.1, 0.15) is 0 Å². The molecule has 2 N–H and O–H groups in total. The Morgan fingerprint density at radius 1 is 1.54 bits per heavy atom. The summed E-state index contributed by atoms with van der Waals surface area (Å²) < 4.78 is 0. The molecule has 1 aromatic rings. The van der Waals surface area contributed by atoms with Gasteiger partial charge in [-0.25, -0.2) is 0 Å². The third kappa shape index (κ3) is 1.57. The van der Waals surface area contributed by atoms with Crippen molar-refractivity contribution in [2.45, 2.75) is 12.6 Å². The Labute approximate surface area is 83.3 Å². The van der Waals surface area contributed by atoms with Gasteiger partial charge in [0, 0.05) is 24.2 Å². The van der Waals surface area contributed by atoms with Crippen LogP contribution in [-0.2, 0) is 6.54 Å². The zero-order valence-corrected chi connectivity index (χ0v) is 8.38. The van der Waals surface area contributed by atoms with Gasteiger partial charge >= 0.3 is 0 Å². The first-order valence-corrected chi connectivity index (χ1v) is 4.77. The van der Waals surface area contributed by atoms with E-state index < -0.39 is 0 Å². The minimum Gasteiger partial charge on any atom is -0.323 e. The van der Waals surface area contributed by atoms with Crippen molar-refractivity contribution in [3.63, 3.8) is 0 Å². The van der Waals surface area contributed by atoms with Gasteiger partial charge in [-0.15, -0.1) is 0 Å². The number of benzene rings is 1. The van der Waals surface area contributed by atoms with Crippen molar-refractivity contribution in [1.29, 1.82) is 0 Å². The van der Waals surface area contributed by atoms with Crippen LogP contribution in [0.25, 0.3) is 0 Å². The molecule has 1 aromatic carbocycles. The lowest BCUT2D eigenvalue weighted by atomic mass is 9.96. The summed E-state index contributed by atoms with van der Waals surface area (Å²) in [6.07, 6.45) is 0. The molecule has 1 heterocycles. The van der Waals surface area contributed by atoms with Gasteiger partial charge in [-0.05, 0) is 24.2 Å². The number of hydrogen-bond donors (Lipinski definition) is 1. The first-order chi connectivity index (χ1) is 6.18. The molecule has 1 unspecified atom stereocenters. The molecule has 3 heteroatoms. The third-order valence-electron chi connectivity index (χ3n) is 2.49. The molecule has 0 aromatic heterocycles. The van der Waals surface area contributed by atoms with Crippen LogP contribution < -0.4 is 5.73 Å². The van der Waals surface area contributed by atoms with E-state index in [2.05, 4.69) is 18.0 Å². The lowest BCUT2D eigenvalue weighted by molar-refractivity contribution is 0.283. The highest BCUT2D eigenvalue weighted by Gasteiger charge is 2.21. The number of likely N-dealkylation sites (N-methyl/N-ethyl adjacent to an activating group) is 1. The van der Waals surface area contributed by atoms with Crippen molar-refractivity contribution in [2.75, 3.05) is 13.6 Å². The fraction of sp³-hybridized carbons (Fsp3) is 0.400. The molecule has 0 aliphatic carbocycles. The van der Waals surface area contributed by atoms with Gasteiger partial charge in [0.25, 0.3) is 0 Å². The lowest BCUT2D eigenvalue weighted by Crippen LogP contribution is -2.34. The van der Waals surface area contributed by atoms with E-state index >= 15 is 0 Å². The van der Waals surface area contributed by atoms with Crippen LogP contribution in [0.2, 0.25) is 5.02 Å². The molecule has 0 fully saturated rings. The van der Waals surface area contributed by atoms with Crippen molar-refractivity contribution in [3.05, 3.63) is 34.3 Å². The smallest absolute Gasteiger partial charge is 0.0454 e. The van der Waals surface area contributed by atoms with E-state index in [0.29, 0.717) is 0 Å². The van der Waals surface area contributed by atoms with Crippen LogP contribution in [0.5, 0.6) is 0 Å². The Balaban J connectivity index is 2.49. The fourth-order valence-electron chi connectivity index (χ4n) is 1.86. The summed E-state index contributed by atoms with van der Waals surface area (Å²) in [6.45, 7) is 1.82. The second-order valence-corrected chi connectivity index (χ2v) is 4.02. The van der Waals surface area contributed by atoms with Crippen molar-refractivity contribution in [1.82, 2.24) is 4.90 Å². The molecular weight excluding hydrogens is 184 g/mol. The van der Waals surface area contributed by atoms with Gasteiger partial charge in [-0.1, -0.05) is 23.7 Å². The maximum absolute atomic E-state index is 6.09. The molecule has 0 bridgehead atoms. The van der Waals surface area contributed by atoms with Crippen LogP contribution in [0.15, 0.2) is 18.2 Å². The molecule has 2 nitrogen and oxygen atoms in total. The summed E-state index contributed by atoms with van der Waals surface area (Å²) in [6, 6.07) is 6.06. The zero-order chi connectivity index (χ0) is 9.42. The van der Waals surface area contributed by atoms with Gasteiger partial charge in [-0.3, -0.25) is 0 Å². The summed E-state index contributed by atoms with van der Waals surface area (Å²) in [7, 11) is 2.06. The Bertz CT molecular complexity index is 325. The molecule has 0 radical (unpaired) electrons. The molecule has 0 saturated heterocycles. The van der Waals surface area contributed by atoms with E-state index in [0.717, 1.165) is 18.1 Å². The predicted molar refractivity (Wildman–Crippen MR) is 54.7 cm³/mol. The van der Waals surface area contributed by atoms with E-state index in [4.69, 9.17) is 17.3 Å². The van der Waals surface area contributed by atoms with Crippen LogP contribution in [0.4, 0.5) is 0 Å². The van der Waals surface area contributed by atoms with E-state index in [1.807, 2.05) is 12.1 Å². The molecule has 13 heavy (non-hydrogen) atoms. The normalized spacial score (nSPS) is 22.8. The number of nitrogens with two attached hydrogens (primary N) is 1. The quantitative estimate of drug-likeness (QED) is 0.686. The monoisotopic (exact) mass is 196 g/mol. The average molecular weight is 197 g/mol. The number of fused-ring (bicyclic) bond motifs is 1. The van der Waals surface area contributed by atoms with E-state index in [1.54, 1.807) is 0 Å². The fourth-order valence-corrected chi connectivity index (χ4v) is 2.10. The summed E-state index contributed by atoms with van der Waals surface area (Å²) in [4.78, 5) is 2.19. The SMILES string of the molecule is CN1Cc2c(Cl)cccc2C(N)C1. The minimum absolute atomic E-state index is 0.104. The van der Waals surface area contributed by atoms with Crippen LogP contribution in [0.3, 0.4) is 0 Å². The van der Waals surface area contributed by atoms with Gasteiger partial charge < -0.3 is 10.6 Å². The number of halogens is 1. The van der Waals surface area contributed by atoms with Crippen LogP contribution >= 0.6 is 11.6 Å². The van der Waals surface area contributed by atoms with Crippen LogP contribution in [0.1, 0.15) is 17.2 Å². The van der Waals surface area contributed by atoms with Crippen molar-refractivity contribution in [2.24, 2.45) is 5.73 Å². The third-order valence-corrected chi connectivity index (χ3v) is 2.85. The molecule has 1 aliphatic heterocycles. The Morgan fingerprint density at radius 3 is 3.08 bits per heavy atom. The summed E-state index contributed by atoms with van der Waals surface area (Å²) in [5.41, 5.74) is 8.39. The second-order valence-electron chi connectivity index (χ2n) is 3.61. The van der Waals surface area contributed by atoms with E-state index in [-0.39, 0.29) is 6.04 Å². The number of rotatable bonds is 0. The number of hydrogen-bond acceptors (Lipinski definition) is 2. The van der Waals surface area contributed by atoms with Gasteiger partial charge in [0.05, 0.1) is 0 Å². The van der Waals surface area contributed by atoms with Crippen molar-refractivity contribution < 1.29 is 0 Å². The summed E-state index contributed by atoms with van der Waals surface area (Å²) in [5, 5.41) is 0.833. The van der Waals surface area contributed by atoms with Gasteiger partial charge in [0.2, 0.25) is 0 Å². The lowest BCUT2D eigenvalue weighted by Gasteiger charge is -2.30. The Hall–Kier alpha value is -0.570. The highest BCUT2D eigenvalue weighted by molar-refractivity contribution is 6.31. The first-order valence-electron chi connectivity index (χ1n) is 4.40. The first kappa shape index (κ1) is 9.00. The van der Waals surface area contributed by atoms with E-state index in [9.17, 15) is 0 Å². The maximum Gasteiger partial charge on any atom is 0.0454 e. The zero-order valence-electron chi connectivity index (χ0n) is 7.63. The summed E-state index contributed by atoms with van der Waals surface area (Å²) in [5.74, 6) is 0. The molecule has 1 atom stereocenters. The Morgan fingerprint density at radius 2 is 2.31 bits per heavy atom. The minimum atomic E-state index is 0.104. The second kappa shape index (κ2) is 3.29. The van der Waals surface area contributed by atoms with Crippen molar-refractivity contribution >= 4 is 11.6 Å². The van der Waals surface area contributed by atoms with E-state index in [1.165, 1.54) is 11.1 Å². The van der Waals surface area contributed by atoms with Gasteiger partial charge in [-0.2, -0.15) is 0 Å². The topological polar surface area (TPSA) is 29.3 Å². The average Bonchev–Trinajstić information content (AvgIpc) is 2.07. The van der Waals surface area contributed by atoms with Crippen molar-refractivity contribution in [3.8, 4) is 0 Å². The highest BCUT2D eigenvalue weighted by Crippen LogP contribution is 2.29. The highest BCUT2D eigenvalue weighted by atomic mass is 35.5. The molecule has 70 valence electrons. The molecule has 0 spiro atoms. The Kier molecular flexibility index (Phi) is 2.28. The molecule has 1 aliphatic rings. The van der Waals surface area contributed by atoms with Crippen LogP contribution in [-0.4, -0.2) is 18.5 Å². The summed E-state index contributed by atoms with van der Waals surface area (Å²) >= 11 is 6.09. The molecule has 0 amide bonds. The molecule has 0 saturated carbocycles. The standard InChI is InChI=1S/C10H13ClN2/c1-13-5-8-7(10(12)6-13)3-2-4-9(8)11/h2-4,10H,5-6,12H2,1H3. The number of nitrogens with zero attached hydrogens (tertiary/aromatic N) is 1.